The van der Waals surface area contributed by atoms with Gasteiger partial charge in [-0.1, -0.05) is 48.5 Å². The van der Waals surface area contributed by atoms with Crippen LogP contribution in [0, 0.1) is 0 Å². The molecular weight excluding hydrogens is 236 g/mol. The zero-order chi connectivity index (χ0) is 13.7. The third kappa shape index (κ3) is 3.66. The third-order valence-corrected chi connectivity index (χ3v) is 2.93. The van der Waals surface area contributed by atoms with Crippen LogP contribution in [0.4, 0.5) is 5.69 Å². The Labute approximate surface area is 113 Å². The minimum absolute atomic E-state index is 0.0284. The third-order valence-electron chi connectivity index (χ3n) is 2.93. The van der Waals surface area contributed by atoms with Crippen LogP contribution in [0.15, 0.2) is 54.6 Å². The van der Waals surface area contributed by atoms with Crippen molar-refractivity contribution in [2.75, 3.05) is 5.32 Å². The van der Waals surface area contributed by atoms with E-state index in [0.29, 0.717) is 6.42 Å². The topological polar surface area (TPSA) is 55.1 Å². The Morgan fingerprint density at radius 2 is 1.74 bits per heavy atom. The average molecular weight is 254 g/mol. The van der Waals surface area contributed by atoms with E-state index in [4.69, 9.17) is 5.73 Å². The number of rotatable bonds is 4. The fraction of sp³-hybridized carbons (Fsp3) is 0.188. The summed E-state index contributed by atoms with van der Waals surface area (Å²) in [5, 5.41) is 2.92. The van der Waals surface area contributed by atoms with Crippen molar-refractivity contribution >= 4 is 11.6 Å². The molecule has 0 aliphatic heterocycles. The molecule has 0 bridgehead atoms. The van der Waals surface area contributed by atoms with Gasteiger partial charge in [-0.3, -0.25) is 4.79 Å². The Hall–Kier alpha value is -2.13. The molecule has 2 aromatic carbocycles. The van der Waals surface area contributed by atoms with Crippen molar-refractivity contribution < 1.29 is 4.79 Å². The second-order valence-electron chi connectivity index (χ2n) is 4.59. The number of hydrogen-bond donors (Lipinski definition) is 2. The lowest BCUT2D eigenvalue weighted by molar-refractivity contribution is -0.115. The van der Waals surface area contributed by atoms with Crippen molar-refractivity contribution in [3.8, 4) is 0 Å². The smallest absolute Gasteiger partial charge is 0.228 e. The maximum atomic E-state index is 12.0. The number of hydrogen-bond acceptors (Lipinski definition) is 2. The second kappa shape index (κ2) is 6.16. The zero-order valence-corrected chi connectivity index (χ0v) is 11.0. The lowest BCUT2D eigenvalue weighted by atomic mass is 10.1. The van der Waals surface area contributed by atoms with Gasteiger partial charge in [-0.25, -0.2) is 0 Å². The molecule has 3 heteroatoms. The summed E-state index contributed by atoms with van der Waals surface area (Å²) in [5.74, 6) is -0.0284. The van der Waals surface area contributed by atoms with Gasteiger partial charge in [0.2, 0.25) is 5.91 Å². The number of anilines is 1. The van der Waals surface area contributed by atoms with Gasteiger partial charge in [-0.2, -0.15) is 0 Å². The van der Waals surface area contributed by atoms with Crippen molar-refractivity contribution in [2.24, 2.45) is 5.73 Å². The highest BCUT2D eigenvalue weighted by Crippen LogP contribution is 2.20. The normalized spacial score (nSPS) is 11.9. The van der Waals surface area contributed by atoms with E-state index in [1.807, 2.05) is 61.5 Å². The first-order chi connectivity index (χ1) is 9.16. The van der Waals surface area contributed by atoms with Crippen LogP contribution in [0.3, 0.4) is 0 Å². The fourth-order valence-electron chi connectivity index (χ4n) is 1.98. The van der Waals surface area contributed by atoms with E-state index in [-0.39, 0.29) is 11.9 Å². The molecule has 98 valence electrons. The summed E-state index contributed by atoms with van der Waals surface area (Å²) in [6.07, 6.45) is 0.369. The molecule has 3 nitrogen and oxygen atoms in total. The van der Waals surface area contributed by atoms with Crippen LogP contribution in [0.1, 0.15) is 24.1 Å². The van der Waals surface area contributed by atoms with Gasteiger partial charge in [0.05, 0.1) is 6.42 Å². The molecule has 0 saturated carbocycles. The van der Waals surface area contributed by atoms with Crippen molar-refractivity contribution in [1.29, 1.82) is 0 Å². The zero-order valence-electron chi connectivity index (χ0n) is 11.0. The highest BCUT2D eigenvalue weighted by Gasteiger charge is 2.09. The van der Waals surface area contributed by atoms with E-state index in [2.05, 4.69) is 5.32 Å². The van der Waals surface area contributed by atoms with Crippen LogP contribution in [-0.2, 0) is 11.2 Å². The van der Waals surface area contributed by atoms with E-state index in [0.717, 1.165) is 16.8 Å². The predicted octanol–water partition coefficient (Wildman–Crippen LogP) is 2.89. The van der Waals surface area contributed by atoms with E-state index in [1.54, 1.807) is 0 Å². The molecule has 2 aromatic rings. The second-order valence-corrected chi connectivity index (χ2v) is 4.59. The van der Waals surface area contributed by atoms with Crippen molar-refractivity contribution in [1.82, 2.24) is 0 Å². The number of amides is 1. The number of para-hydroxylation sites is 1. The van der Waals surface area contributed by atoms with Gasteiger partial charge in [0, 0.05) is 11.7 Å². The summed E-state index contributed by atoms with van der Waals surface area (Å²) >= 11 is 0. The molecule has 19 heavy (non-hydrogen) atoms. The average Bonchev–Trinajstić information content (AvgIpc) is 2.40. The monoisotopic (exact) mass is 254 g/mol. The van der Waals surface area contributed by atoms with Gasteiger partial charge in [0.25, 0.3) is 0 Å². The molecule has 0 radical (unpaired) electrons. The first kappa shape index (κ1) is 13.3. The molecule has 0 heterocycles. The Kier molecular flexibility index (Phi) is 4.31. The van der Waals surface area contributed by atoms with Crippen molar-refractivity contribution in [3.63, 3.8) is 0 Å². The molecule has 1 amide bonds. The van der Waals surface area contributed by atoms with Crippen molar-refractivity contribution in [3.05, 3.63) is 65.7 Å². The minimum atomic E-state index is -0.103. The fourth-order valence-corrected chi connectivity index (χ4v) is 1.98. The van der Waals surface area contributed by atoms with Gasteiger partial charge < -0.3 is 11.1 Å². The van der Waals surface area contributed by atoms with Crippen LogP contribution >= 0.6 is 0 Å². The van der Waals surface area contributed by atoms with Gasteiger partial charge in [-0.05, 0) is 24.1 Å². The number of carbonyl (C=O) groups excluding carboxylic acids is 1. The first-order valence-electron chi connectivity index (χ1n) is 6.35. The van der Waals surface area contributed by atoms with Gasteiger partial charge in [-0.15, -0.1) is 0 Å². The predicted molar refractivity (Wildman–Crippen MR) is 77.8 cm³/mol. The first-order valence-corrected chi connectivity index (χ1v) is 6.35. The lowest BCUT2D eigenvalue weighted by Gasteiger charge is -2.13. The minimum Gasteiger partial charge on any atom is -0.325 e. The molecule has 1 atom stereocenters. The molecular formula is C16H18N2O. The van der Waals surface area contributed by atoms with Crippen LogP contribution < -0.4 is 11.1 Å². The molecule has 0 saturated heterocycles. The summed E-state index contributed by atoms with van der Waals surface area (Å²) in [7, 11) is 0. The number of nitrogens with one attached hydrogen (secondary N) is 1. The van der Waals surface area contributed by atoms with Crippen LogP contribution in [0.2, 0.25) is 0 Å². The lowest BCUT2D eigenvalue weighted by Crippen LogP contribution is -2.17. The summed E-state index contributed by atoms with van der Waals surface area (Å²) in [5.41, 5.74) is 8.63. The summed E-state index contributed by atoms with van der Waals surface area (Å²) in [4.78, 5) is 12.0. The molecule has 0 aliphatic rings. The van der Waals surface area contributed by atoms with E-state index >= 15 is 0 Å². The molecule has 1 unspecified atom stereocenters. The molecule has 0 aliphatic carbocycles. The van der Waals surface area contributed by atoms with Crippen LogP contribution in [-0.4, -0.2) is 5.91 Å². The largest absolute Gasteiger partial charge is 0.325 e. The van der Waals surface area contributed by atoms with Gasteiger partial charge in [0.1, 0.15) is 0 Å². The maximum absolute atomic E-state index is 12.0. The van der Waals surface area contributed by atoms with E-state index < -0.39 is 0 Å². The maximum Gasteiger partial charge on any atom is 0.228 e. The van der Waals surface area contributed by atoms with E-state index in [9.17, 15) is 4.79 Å². The molecule has 2 rings (SSSR count). The number of nitrogens with two attached hydrogens (primary N) is 1. The number of benzene rings is 2. The summed E-state index contributed by atoms with van der Waals surface area (Å²) < 4.78 is 0. The van der Waals surface area contributed by atoms with E-state index in [1.165, 1.54) is 0 Å². The van der Waals surface area contributed by atoms with Gasteiger partial charge >= 0.3 is 0 Å². The Bertz CT molecular complexity index is 550. The van der Waals surface area contributed by atoms with Crippen LogP contribution in [0.5, 0.6) is 0 Å². The van der Waals surface area contributed by atoms with Gasteiger partial charge in [0.15, 0.2) is 0 Å². The molecule has 0 spiro atoms. The highest BCUT2D eigenvalue weighted by molar-refractivity contribution is 5.93. The quantitative estimate of drug-likeness (QED) is 0.881. The standard InChI is InChI=1S/C16H18N2O/c1-12(17)14-9-5-6-10-15(14)18-16(19)11-13-7-3-2-4-8-13/h2-10,12H,11,17H2,1H3,(H,18,19). The SMILES string of the molecule is CC(N)c1ccccc1NC(=O)Cc1ccccc1. The van der Waals surface area contributed by atoms with Crippen molar-refractivity contribution in [2.45, 2.75) is 19.4 Å². The molecule has 0 fully saturated rings. The Morgan fingerprint density at radius 3 is 2.42 bits per heavy atom. The molecule has 0 aromatic heterocycles. The number of carbonyl (C=O) groups is 1. The Balaban J connectivity index is 2.07. The van der Waals surface area contributed by atoms with Crippen LogP contribution in [0.25, 0.3) is 0 Å². The Morgan fingerprint density at radius 1 is 1.11 bits per heavy atom. The molecule has 3 N–H and O–H groups in total. The summed E-state index contributed by atoms with van der Waals surface area (Å²) in [6.45, 7) is 1.90. The highest BCUT2D eigenvalue weighted by atomic mass is 16.1. The summed E-state index contributed by atoms with van der Waals surface area (Å²) in [6, 6.07) is 17.2.